The summed E-state index contributed by atoms with van der Waals surface area (Å²) in [6.07, 6.45) is 1.60. The summed E-state index contributed by atoms with van der Waals surface area (Å²) >= 11 is 1.28. The molecule has 10 heteroatoms. The Morgan fingerprint density at radius 1 is 1.40 bits per heavy atom. The molecule has 0 bridgehead atoms. The van der Waals surface area contributed by atoms with Gasteiger partial charge in [0.05, 0.1) is 23.3 Å². The van der Waals surface area contributed by atoms with Gasteiger partial charge in [-0.3, -0.25) is 19.3 Å². The van der Waals surface area contributed by atoms with E-state index in [1.165, 1.54) is 41.0 Å². The maximum Gasteiger partial charge on any atom is 0.337 e. The highest BCUT2D eigenvalue weighted by Crippen LogP contribution is 2.29. The minimum Gasteiger partial charge on any atom is -0.480 e. The largest absolute Gasteiger partial charge is 0.480 e. The molecule has 0 N–H and O–H groups in total. The summed E-state index contributed by atoms with van der Waals surface area (Å²) < 4.78 is 11.4. The summed E-state index contributed by atoms with van der Waals surface area (Å²) in [6.45, 7) is -0.158. The number of hydrogen-bond acceptors (Lipinski definition) is 8. The average Bonchev–Trinajstić information content (AvgIpc) is 3.08. The summed E-state index contributed by atoms with van der Waals surface area (Å²) in [4.78, 5) is 38.8. The molecule has 3 aromatic rings. The Hall–Kier alpha value is -3.27. The van der Waals surface area contributed by atoms with Crippen LogP contribution in [0.1, 0.15) is 16.1 Å². The predicted molar refractivity (Wildman–Crippen MR) is 88.1 cm³/mol. The van der Waals surface area contributed by atoms with E-state index < -0.39 is 10.9 Å². The molecule has 9 nitrogen and oxygen atoms in total. The molecule has 0 saturated carbocycles. The number of ether oxygens (including phenoxy) is 2. The number of nitro groups is 1. The molecule has 25 heavy (non-hydrogen) atoms. The van der Waals surface area contributed by atoms with Gasteiger partial charge in [-0.15, -0.1) is 11.3 Å². The second-order valence-electron chi connectivity index (χ2n) is 4.86. The molecule has 3 rings (SSSR count). The van der Waals surface area contributed by atoms with Crippen LogP contribution in [0.2, 0.25) is 0 Å². The maximum absolute atomic E-state index is 11.9. The first-order valence-corrected chi connectivity index (χ1v) is 7.83. The number of carbonyl (C=O) groups excluding carboxylic acids is 1. The summed E-state index contributed by atoms with van der Waals surface area (Å²) in [5, 5.41) is 12.8. The molecule has 0 amide bonds. The monoisotopic (exact) mass is 361 g/mol. The Morgan fingerprint density at radius 3 is 2.92 bits per heavy atom. The zero-order valence-electron chi connectivity index (χ0n) is 12.9. The lowest BCUT2D eigenvalue weighted by atomic mass is 10.2. The second kappa shape index (κ2) is 6.69. The van der Waals surface area contributed by atoms with Crippen LogP contribution < -0.4 is 10.3 Å². The first-order valence-electron chi connectivity index (χ1n) is 6.95. The minimum atomic E-state index is -0.642. The molecule has 0 radical (unpaired) electrons. The molecule has 0 atom stereocenters. The van der Waals surface area contributed by atoms with Crippen LogP contribution in [-0.2, 0) is 11.3 Å². The Morgan fingerprint density at radius 2 is 2.20 bits per heavy atom. The lowest BCUT2D eigenvalue weighted by Crippen LogP contribution is -2.14. The highest BCUT2D eigenvalue weighted by Gasteiger charge is 2.19. The molecule has 0 spiro atoms. The van der Waals surface area contributed by atoms with Crippen molar-refractivity contribution in [1.29, 1.82) is 0 Å². The van der Waals surface area contributed by atoms with Crippen LogP contribution in [0.3, 0.4) is 0 Å². The fraction of sp³-hybridized carbons (Fsp3) is 0.133. The number of esters is 1. The molecule has 0 fully saturated rings. The van der Waals surface area contributed by atoms with E-state index in [1.54, 1.807) is 11.6 Å². The molecule has 0 saturated heterocycles. The van der Waals surface area contributed by atoms with Gasteiger partial charge < -0.3 is 9.47 Å². The third-order valence-corrected chi connectivity index (χ3v) is 4.07. The van der Waals surface area contributed by atoms with E-state index in [9.17, 15) is 19.7 Å². The van der Waals surface area contributed by atoms with Crippen LogP contribution >= 0.6 is 11.3 Å². The zero-order valence-corrected chi connectivity index (χ0v) is 13.7. The van der Waals surface area contributed by atoms with Crippen molar-refractivity contribution < 1.29 is 19.2 Å². The van der Waals surface area contributed by atoms with E-state index in [-0.39, 0.29) is 29.2 Å². The first kappa shape index (κ1) is 16.6. The number of nitro benzene ring substituents is 1. The van der Waals surface area contributed by atoms with Gasteiger partial charge in [0.2, 0.25) is 0 Å². The van der Waals surface area contributed by atoms with Gasteiger partial charge in [-0.2, -0.15) is 0 Å². The van der Waals surface area contributed by atoms with Crippen molar-refractivity contribution in [2.24, 2.45) is 0 Å². The fourth-order valence-corrected chi connectivity index (χ4v) is 2.88. The standard InChI is InChI=1S/C15H11N3O6S/c1-23-14(20)9-2-3-11(18(21)22)12(6-9)24-8-10-7-13(19)17-4-5-25-15(17)16-10/h2-7H,8H2,1H3. The van der Waals surface area contributed by atoms with E-state index >= 15 is 0 Å². The highest BCUT2D eigenvalue weighted by atomic mass is 32.1. The molecule has 128 valence electrons. The summed E-state index contributed by atoms with van der Waals surface area (Å²) in [7, 11) is 1.21. The summed E-state index contributed by atoms with van der Waals surface area (Å²) in [6, 6.07) is 4.95. The van der Waals surface area contributed by atoms with Crippen molar-refractivity contribution >= 4 is 28.0 Å². The number of carbonyl (C=O) groups is 1. The van der Waals surface area contributed by atoms with E-state index in [0.29, 0.717) is 10.7 Å². The lowest BCUT2D eigenvalue weighted by molar-refractivity contribution is -0.385. The van der Waals surface area contributed by atoms with Gasteiger partial charge in [0.1, 0.15) is 6.61 Å². The predicted octanol–water partition coefficient (Wildman–Crippen LogP) is 2.03. The topological polar surface area (TPSA) is 113 Å². The van der Waals surface area contributed by atoms with Gasteiger partial charge in [-0.05, 0) is 6.07 Å². The van der Waals surface area contributed by atoms with Crippen LogP contribution in [-0.4, -0.2) is 27.4 Å². The average molecular weight is 361 g/mol. The molecule has 2 aromatic heterocycles. The molecule has 2 heterocycles. The van der Waals surface area contributed by atoms with Gasteiger partial charge in [0.25, 0.3) is 5.56 Å². The molecular weight excluding hydrogens is 350 g/mol. The molecule has 1 aromatic carbocycles. The second-order valence-corrected chi connectivity index (χ2v) is 5.73. The van der Waals surface area contributed by atoms with E-state index in [0.717, 1.165) is 6.07 Å². The number of benzene rings is 1. The van der Waals surface area contributed by atoms with Crippen molar-refractivity contribution in [2.75, 3.05) is 7.11 Å². The number of fused-ring (bicyclic) bond motifs is 1. The molecule has 0 aliphatic heterocycles. The quantitative estimate of drug-likeness (QED) is 0.388. The third kappa shape index (κ3) is 3.33. The molecule has 0 aliphatic rings. The number of nitrogens with zero attached hydrogens (tertiary/aromatic N) is 3. The SMILES string of the molecule is COC(=O)c1ccc([N+](=O)[O-])c(OCc2cc(=O)n3ccsc3n2)c1. The number of thiazole rings is 1. The van der Waals surface area contributed by atoms with E-state index in [4.69, 9.17) is 4.74 Å². The zero-order chi connectivity index (χ0) is 18.0. The Labute approximate surface area is 144 Å². The van der Waals surface area contributed by atoms with E-state index in [2.05, 4.69) is 9.72 Å². The van der Waals surface area contributed by atoms with Crippen LogP contribution in [0.15, 0.2) is 40.6 Å². The van der Waals surface area contributed by atoms with Crippen LogP contribution in [0.4, 0.5) is 5.69 Å². The highest BCUT2D eigenvalue weighted by molar-refractivity contribution is 7.15. The lowest BCUT2D eigenvalue weighted by Gasteiger charge is -2.08. The Kier molecular flexibility index (Phi) is 4.44. The molecule has 0 aliphatic carbocycles. The van der Waals surface area contributed by atoms with Crippen LogP contribution in [0.5, 0.6) is 5.75 Å². The van der Waals surface area contributed by atoms with Crippen LogP contribution in [0, 0.1) is 10.1 Å². The van der Waals surface area contributed by atoms with Crippen molar-refractivity contribution in [2.45, 2.75) is 6.61 Å². The normalized spacial score (nSPS) is 10.6. The number of rotatable bonds is 5. The van der Waals surface area contributed by atoms with Crippen molar-refractivity contribution in [3.05, 3.63) is 67.6 Å². The maximum atomic E-state index is 11.9. The van der Waals surface area contributed by atoms with E-state index in [1.807, 2.05) is 0 Å². The van der Waals surface area contributed by atoms with Gasteiger partial charge in [-0.25, -0.2) is 9.78 Å². The minimum absolute atomic E-state index is 0.110. The Bertz CT molecular complexity index is 1030. The molecule has 0 unspecified atom stereocenters. The fourth-order valence-electron chi connectivity index (χ4n) is 2.14. The van der Waals surface area contributed by atoms with Gasteiger partial charge in [-0.1, -0.05) is 0 Å². The first-order chi connectivity index (χ1) is 12.0. The van der Waals surface area contributed by atoms with Gasteiger partial charge >= 0.3 is 11.7 Å². The number of methoxy groups -OCH3 is 1. The smallest absolute Gasteiger partial charge is 0.337 e. The third-order valence-electron chi connectivity index (χ3n) is 3.31. The van der Waals surface area contributed by atoms with Crippen molar-refractivity contribution in [3.8, 4) is 5.75 Å². The molecular formula is C15H11N3O6S. The van der Waals surface area contributed by atoms with Crippen molar-refractivity contribution in [1.82, 2.24) is 9.38 Å². The number of hydrogen-bond donors (Lipinski definition) is 0. The number of aromatic nitrogens is 2. The summed E-state index contributed by atoms with van der Waals surface area (Å²) in [5.74, 6) is -0.753. The Balaban J connectivity index is 1.91. The van der Waals surface area contributed by atoms with Crippen molar-refractivity contribution in [3.63, 3.8) is 0 Å². The van der Waals surface area contributed by atoms with Gasteiger partial charge in [0.15, 0.2) is 10.7 Å². The summed E-state index contributed by atoms with van der Waals surface area (Å²) in [5.41, 5.74) is -0.140. The van der Waals surface area contributed by atoms with Crippen LogP contribution in [0.25, 0.3) is 4.96 Å². The van der Waals surface area contributed by atoms with Gasteiger partial charge in [0, 0.05) is 29.8 Å².